The summed E-state index contributed by atoms with van der Waals surface area (Å²) < 4.78 is 0. The van der Waals surface area contributed by atoms with E-state index in [1.807, 2.05) is 7.05 Å². The molecule has 1 heterocycles. The van der Waals surface area contributed by atoms with E-state index in [0.717, 1.165) is 17.8 Å². The fourth-order valence-corrected chi connectivity index (χ4v) is 5.22. The molecule has 1 saturated heterocycles. The third-order valence-corrected chi connectivity index (χ3v) is 6.88. The fourth-order valence-electron chi connectivity index (χ4n) is 5.22. The van der Waals surface area contributed by atoms with Gasteiger partial charge in [-0.05, 0) is 61.7 Å². The van der Waals surface area contributed by atoms with Gasteiger partial charge in [0.1, 0.15) is 0 Å². The SMILES string of the molecule is CN=C(NCC1(C2CC2)CCC1)N1CC2CCCCC2C1.I. The summed E-state index contributed by atoms with van der Waals surface area (Å²) in [5.41, 5.74) is 0.641. The van der Waals surface area contributed by atoms with E-state index in [9.17, 15) is 0 Å². The number of rotatable bonds is 3. The van der Waals surface area contributed by atoms with Crippen LogP contribution < -0.4 is 5.32 Å². The lowest BCUT2D eigenvalue weighted by atomic mass is 9.65. The summed E-state index contributed by atoms with van der Waals surface area (Å²) in [4.78, 5) is 7.16. The first-order chi connectivity index (χ1) is 10.3. The van der Waals surface area contributed by atoms with Crippen molar-refractivity contribution in [1.29, 1.82) is 0 Å². The number of nitrogens with zero attached hydrogens (tertiary/aromatic N) is 2. The quantitative estimate of drug-likeness (QED) is 0.429. The molecule has 3 nitrogen and oxygen atoms in total. The van der Waals surface area contributed by atoms with E-state index in [1.165, 1.54) is 83.4 Å². The predicted molar refractivity (Wildman–Crippen MR) is 103 cm³/mol. The summed E-state index contributed by atoms with van der Waals surface area (Å²) >= 11 is 0. The largest absolute Gasteiger partial charge is 0.356 e. The highest BCUT2D eigenvalue weighted by Gasteiger charge is 2.49. The van der Waals surface area contributed by atoms with Crippen molar-refractivity contribution in [1.82, 2.24) is 10.2 Å². The van der Waals surface area contributed by atoms with Crippen molar-refractivity contribution in [3.05, 3.63) is 0 Å². The van der Waals surface area contributed by atoms with Gasteiger partial charge in [-0.3, -0.25) is 4.99 Å². The summed E-state index contributed by atoms with van der Waals surface area (Å²) in [5, 5.41) is 3.76. The van der Waals surface area contributed by atoms with Gasteiger partial charge >= 0.3 is 0 Å². The molecule has 0 amide bonds. The Kier molecular flexibility index (Phi) is 5.25. The van der Waals surface area contributed by atoms with E-state index in [-0.39, 0.29) is 24.0 Å². The summed E-state index contributed by atoms with van der Waals surface area (Å²) in [6.07, 6.45) is 13.1. The Morgan fingerprint density at radius 1 is 1.05 bits per heavy atom. The van der Waals surface area contributed by atoms with E-state index < -0.39 is 0 Å². The molecule has 4 aliphatic rings. The first-order valence-corrected chi connectivity index (χ1v) is 9.26. The molecule has 4 heteroatoms. The van der Waals surface area contributed by atoms with Crippen LogP contribution in [-0.2, 0) is 0 Å². The zero-order valence-corrected chi connectivity index (χ0v) is 16.4. The molecular formula is C18H32IN3. The molecule has 0 bridgehead atoms. The Balaban J connectivity index is 0.00000144. The van der Waals surface area contributed by atoms with Crippen molar-refractivity contribution in [3.8, 4) is 0 Å². The smallest absolute Gasteiger partial charge is 0.193 e. The second kappa shape index (κ2) is 6.86. The number of guanidine groups is 1. The van der Waals surface area contributed by atoms with Crippen LogP contribution in [0.5, 0.6) is 0 Å². The van der Waals surface area contributed by atoms with E-state index in [1.54, 1.807) is 0 Å². The third kappa shape index (κ3) is 3.13. The molecule has 3 saturated carbocycles. The minimum atomic E-state index is 0. The lowest BCUT2D eigenvalue weighted by Gasteiger charge is -2.43. The van der Waals surface area contributed by atoms with Crippen LogP contribution in [0.2, 0.25) is 0 Å². The number of hydrogen-bond donors (Lipinski definition) is 1. The topological polar surface area (TPSA) is 27.6 Å². The molecule has 2 atom stereocenters. The molecular weight excluding hydrogens is 385 g/mol. The van der Waals surface area contributed by atoms with E-state index in [0.29, 0.717) is 5.41 Å². The maximum absolute atomic E-state index is 4.60. The normalized spacial score (nSPS) is 33.7. The lowest BCUT2D eigenvalue weighted by Crippen LogP contribution is -2.48. The summed E-state index contributed by atoms with van der Waals surface area (Å²) in [6.45, 7) is 3.68. The molecule has 126 valence electrons. The molecule has 1 N–H and O–H groups in total. The minimum Gasteiger partial charge on any atom is -0.356 e. The van der Waals surface area contributed by atoms with Crippen LogP contribution in [0.1, 0.15) is 57.8 Å². The van der Waals surface area contributed by atoms with Crippen LogP contribution in [0.4, 0.5) is 0 Å². The van der Waals surface area contributed by atoms with E-state index >= 15 is 0 Å². The zero-order chi connectivity index (χ0) is 14.3. The molecule has 0 aromatic rings. The highest BCUT2D eigenvalue weighted by atomic mass is 127. The molecule has 0 radical (unpaired) electrons. The van der Waals surface area contributed by atoms with Gasteiger partial charge in [-0.25, -0.2) is 0 Å². The molecule has 0 aromatic heterocycles. The van der Waals surface area contributed by atoms with Gasteiger partial charge < -0.3 is 10.2 Å². The highest BCUT2D eigenvalue weighted by Crippen LogP contribution is 2.56. The summed E-state index contributed by atoms with van der Waals surface area (Å²) in [5.74, 6) is 4.10. The molecule has 0 spiro atoms. The Bertz CT molecular complexity index is 401. The molecule has 3 aliphatic carbocycles. The van der Waals surface area contributed by atoms with Gasteiger partial charge in [0.2, 0.25) is 0 Å². The average molecular weight is 417 g/mol. The number of fused-ring (bicyclic) bond motifs is 1. The third-order valence-electron chi connectivity index (χ3n) is 6.88. The van der Waals surface area contributed by atoms with Gasteiger partial charge in [0.05, 0.1) is 0 Å². The standard InChI is InChI=1S/C18H31N3.HI/c1-19-17(20-13-18(9-4-10-18)16-7-8-16)21-11-14-5-2-3-6-15(14)12-21;/h14-16H,2-13H2,1H3,(H,19,20);1H. The minimum absolute atomic E-state index is 0. The molecule has 22 heavy (non-hydrogen) atoms. The van der Waals surface area contributed by atoms with Crippen LogP contribution in [0.15, 0.2) is 4.99 Å². The number of hydrogen-bond acceptors (Lipinski definition) is 1. The number of likely N-dealkylation sites (tertiary alicyclic amines) is 1. The van der Waals surface area contributed by atoms with Gasteiger partial charge in [-0.15, -0.1) is 24.0 Å². The van der Waals surface area contributed by atoms with Crippen LogP contribution in [0.3, 0.4) is 0 Å². The maximum atomic E-state index is 4.60. The van der Waals surface area contributed by atoms with E-state index in [2.05, 4.69) is 15.2 Å². The highest BCUT2D eigenvalue weighted by molar-refractivity contribution is 14.0. The van der Waals surface area contributed by atoms with Crippen LogP contribution in [-0.4, -0.2) is 37.5 Å². The second-order valence-corrected chi connectivity index (χ2v) is 8.10. The Hall–Kier alpha value is 0. The van der Waals surface area contributed by atoms with Crippen LogP contribution in [0, 0.1) is 23.2 Å². The molecule has 0 aromatic carbocycles. The summed E-state index contributed by atoms with van der Waals surface area (Å²) in [6, 6.07) is 0. The van der Waals surface area contributed by atoms with Crippen molar-refractivity contribution in [2.75, 3.05) is 26.7 Å². The van der Waals surface area contributed by atoms with E-state index in [4.69, 9.17) is 0 Å². The van der Waals surface area contributed by atoms with Gasteiger partial charge in [0.15, 0.2) is 5.96 Å². The lowest BCUT2D eigenvalue weighted by molar-refractivity contribution is 0.105. The molecule has 2 unspecified atom stereocenters. The Morgan fingerprint density at radius 2 is 1.68 bits per heavy atom. The second-order valence-electron chi connectivity index (χ2n) is 8.10. The predicted octanol–water partition coefficient (Wildman–Crippen LogP) is 3.88. The van der Waals surface area contributed by atoms with Crippen LogP contribution >= 0.6 is 24.0 Å². The van der Waals surface area contributed by atoms with Crippen molar-refractivity contribution < 1.29 is 0 Å². The van der Waals surface area contributed by atoms with Crippen LogP contribution in [0.25, 0.3) is 0 Å². The average Bonchev–Trinajstić information content (AvgIpc) is 3.21. The van der Waals surface area contributed by atoms with Crippen molar-refractivity contribution in [2.45, 2.75) is 57.8 Å². The van der Waals surface area contributed by atoms with Gasteiger partial charge in [0, 0.05) is 26.7 Å². The Labute approximate surface area is 152 Å². The first kappa shape index (κ1) is 16.8. The van der Waals surface area contributed by atoms with Crippen molar-refractivity contribution >= 4 is 29.9 Å². The number of aliphatic imine (C=N–C) groups is 1. The number of nitrogens with one attached hydrogen (secondary N) is 1. The van der Waals surface area contributed by atoms with Gasteiger partial charge in [-0.2, -0.15) is 0 Å². The maximum Gasteiger partial charge on any atom is 0.193 e. The van der Waals surface area contributed by atoms with Crippen molar-refractivity contribution in [3.63, 3.8) is 0 Å². The Morgan fingerprint density at radius 3 is 2.14 bits per heavy atom. The monoisotopic (exact) mass is 417 g/mol. The van der Waals surface area contributed by atoms with Gasteiger partial charge in [-0.1, -0.05) is 19.3 Å². The van der Waals surface area contributed by atoms with Crippen molar-refractivity contribution in [2.24, 2.45) is 28.2 Å². The first-order valence-electron chi connectivity index (χ1n) is 9.26. The zero-order valence-electron chi connectivity index (χ0n) is 14.0. The van der Waals surface area contributed by atoms with Gasteiger partial charge in [0.25, 0.3) is 0 Å². The molecule has 4 fully saturated rings. The summed E-state index contributed by atoms with van der Waals surface area (Å²) in [7, 11) is 1.97. The molecule has 4 rings (SSSR count). The number of halogens is 1. The molecule has 1 aliphatic heterocycles. The fraction of sp³-hybridized carbons (Fsp3) is 0.944.